The topological polar surface area (TPSA) is 69.4 Å². The molecule has 1 unspecified atom stereocenters. The Kier molecular flexibility index (Phi) is 4.96. The van der Waals surface area contributed by atoms with Gasteiger partial charge in [-0.05, 0) is 31.0 Å². The van der Waals surface area contributed by atoms with E-state index in [0.717, 1.165) is 11.3 Å². The Balaban J connectivity index is 2.60. The van der Waals surface area contributed by atoms with Gasteiger partial charge in [0.1, 0.15) is 15.6 Å². The van der Waals surface area contributed by atoms with Gasteiger partial charge in [-0.15, -0.1) is 0 Å². The first-order chi connectivity index (χ1) is 7.92. The van der Waals surface area contributed by atoms with Crippen molar-refractivity contribution in [2.75, 3.05) is 18.6 Å². The zero-order chi connectivity index (χ0) is 12.9. The monoisotopic (exact) mass is 257 g/mol. The van der Waals surface area contributed by atoms with Crippen LogP contribution in [0.2, 0.25) is 0 Å². The van der Waals surface area contributed by atoms with Crippen LogP contribution in [0.5, 0.6) is 5.75 Å². The summed E-state index contributed by atoms with van der Waals surface area (Å²) in [6.45, 7) is 2.55. The van der Waals surface area contributed by atoms with Gasteiger partial charge >= 0.3 is 0 Å². The van der Waals surface area contributed by atoms with Crippen molar-refractivity contribution in [2.24, 2.45) is 5.73 Å². The molecular formula is C12H19NO3S. The molecule has 5 heteroatoms. The maximum Gasteiger partial charge on any atom is 0.147 e. The first kappa shape index (κ1) is 14.0. The van der Waals surface area contributed by atoms with Crippen LogP contribution in [-0.4, -0.2) is 27.0 Å². The average molecular weight is 257 g/mol. The van der Waals surface area contributed by atoms with Gasteiger partial charge in [0.25, 0.3) is 0 Å². The molecule has 0 fully saturated rings. The van der Waals surface area contributed by atoms with E-state index in [2.05, 4.69) is 0 Å². The third-order valence-electron chi connectivity index (χ3n) is 2.42. The Morgan fingerprint density at radius 3 is 2.35 bits per heavy atom. The molecule has 0 aliphatic heterocycles. The molecular weight excluding hydrogens is 238 g/mol. The molecule has 0 amide bonds. The van der Waals surface area contributed by atoms with E-state index in [9.17, 15) is 8.42 Å². The van der Waals surface area contributed by atoms with Gasteiger partial charge in [-0.2, -0.15) is 0 Å². The number of nitrogens with two attached hydrogens (primary N) is 1. The van der Waals surface area contributed by atoms with Gasteiger partial charge in [0.2, 0.25) is 0 Å². The van der Waals surface area contributed by atoms with Crippen LogP contribution in [-0.2, 0) is 9.84 Å². The molecule has 2 N–H and O–H groups in total. The van der Waals surface area contributed by atoms with Gasteiger partial charge in [0, 0.05) is 12.3 Å². The van der Waals surface area contributed by atoms with Crippen LogP contribution in [0.3, 0.4) is 0 Å². The largest absolute Gasteiger partial charge is 0.494 e. The van der Waals surface area contributed by atoms with Crippen molar-refractivity contribution >= 4 is 9.84 Å². The molecule has 1 rings (SSSR count). The second-order valence-electron chi connectivity index (χ2n) is 4.03. The molecule has 96 valence electrons. The van der Waals surface area contributed by atoms with Crippen LogP contribution >= 0.6 is 0 Å². The highest BCUT2D eigenvalue weighted by molar-refractivity contribution is 7.90. The summed E-state index contributed by atoms with van der Waals surface area (Å²) < 4.78 is 27.4. The van der Waals surface area contributed by atoms with E-state index < -0.39 is 9.84 Å². The Morgan fingerprint density at radius 2 is 1.88 bits per heavy atom. The Hall–Kier alpha value is -1.07. The van der Waals surface area contributed by atoms with Crippen LogP contribution in [0.1, 0.15) is 24.9 Å². The summed E-state index contributed by atoms with van der Waals surface area (Å²) in [5.74, 6) is 0.910. The fourth-order valence-electron chi connectivity index (χ4n) is 1.49. The third-order valence-corrected chi connectivity index (χ3v) is 3.40. The van der Waals surface area contributed by atoms with Crippen LogP contribution in [0.4, 0.5) is 0 Å². The van der Waals surface area contributed by atoms with E-state index in [0.29, 0.717) is 13.0 Å². The van der Waals surface area contributed by atoms with Gasteiger partial charge in [-0.3, -0.25) is 0 Å². The van der Waals surface area contributed by atoms with Gasteiger partial charge in [-0.1, -0.05) is 12.1 Å². The minimum Gasteiger partial charge on any atom is -0.494 e. The number of benzene rings is 1. The molecule has 1 atom stereocenters. The molecule has 0 aliphatic carbocycles. The number of sulfone groups is 1. The average Bonchev–Trinajstić information content (AvgIpc) is 2.26. The van der Waals surface area contributed by atoms with Crippen molar-refractivity contribution in [1.29, 1.82) is 0 Å². The molecule has 0 aromatic heterocycles. The number of hydrogen-bond acceptors (Lipinski definition) is 4. The molecule has 1 aromatic carbocycles. The van der Waals surface area contributed by atoms with Gasteiger partial charge in [0.15, 0.2) is 0 Å². The third kappa shape index (κ3) is 5.19. The van der Waals surface area contributed by atoms with Crippen LogP contribution in [0.15, 0.2) is 24.3 Å². The highest BCUT2D eigenvalue weighted by atomic mass is 32.2. The van der Waals surface area contributed by atoms with E-state index >= 15 is 0 Å². The fraction of sp³-hybridized carbons (Fsp3) is 0.500. The number of rotatable bonds is 6. The van der Waals surface area contributed by atoms with Crippen LogP contribution < -0.4 is 10.5 Å². The molecule has 0 radical (unpaired) electrons. The zero-order valence-corrected chi connectivity index (χ0v) is 11.0. The Bertz CT molecular complexity index is 439. The smallest absolute Gasteiger partial charge is 0.147 e. The second-order valence-corrected chi connectivity index (χ2v) is 6.29. The predicted molar refractivity (Wildman–Crippen MR) is 68.9 cm³/mol. The molecule has 0 bridgehead atoms. The molecule has 0 heterocycles. The van der Waals surface area contributed by atoms with Crippen LogP contribution in [0.25, 0.3) is 0 Å². The molecule has 0 saturated heterocycles. The second kappa shape index (κ2) is 6.02. The summed E-state index contributed by atoms with van der Waals surface area (Å²) in [5, 5.41) is 0. The number of ether oxygens (including phenoxy) is 1. The van der Waals surface area contributed by atoms with Crippen molar-refractivity contribution in [3.8, 4) is 5.75 Å². The molecule has 0 spiro atoms. The molecule has 17 heavy (non-hydrogen) atoms. The van der Waals surface area contributed by atoms with Gasteiger partial charge in [-0.25, -0.2) is 8.42 Å². The van der Waals surface area contributed by atoms with Crippen LogP contribution in [0, 0.1) is 0 Å². The lowest BCUT2D eigenvalue weighted by molar-refractivity contribution is 0.340. The lowest BCUT2D eigenvalue weighted by Crippen LogP contribution is -2.15. The summed E-state index contributed by atoms with van der Waals surface area (Å²) in [4.78, 5) is 0. The minimum atomic E-state index is -2.95. The first-order valence-electron chi connectivity index (χ1n) is 5.58. The number of hydrogen-bond donors (Lipinski definition) is 1. The lowest BCUT2D eigenvalue weighted by Gasteiger charge is -2.12. The first-order valence-corrected chi connectivity index (χ1v) is 7.64. The van der Waals surface area contributed by atoms with Gasteiger partial charge < -0.3 is 10.5 Å². The quantitative estimate of drug-likeness (QED) is 0.839. The Morgan fingerprint density at radius 1 is 1.29 bits per heavy atom. The molecule has 1 aromatic rings. The summed E-state index contributed by atoms with van der Waals surface area (Å²) in [6.07, 6.45) is 1.66. The van der Waals surface area contributed by atoms with Crippen molar-refractivity contribution in [3.05, 3.63) is 29.8 Å². The van der Waals surface area contributed by atoms with E-state index in [1.807, 2.05) is 31.2 Å². The molecule has 4 nitrogen and oxygen atoms in total. The van der Waals surface area contributed by atoms with E-state index in [4.69, 9.17) is 10.5 Å². The summed E-state index contributed by atoms with van der Waals surface area (Å²) in [5.41, 5.74) is 6.85. The maximum atomic E-state index is 11.0. The SMILES string of the molecule is CCOc1ccc(C(N)CCS(C)(=O)=O)cc1. The highest BCUT2D eigenvalue weighted by Crippen LogP contribution is 2.18. The van der Waals surface area contributed by atoms with E-state index in [1.165, 1.54) is 6.26 Å². The van der Waals surface area contributed by atoms with Crippen molar-refractivity contribution in [2.45, 2.75) is 19.4 Å². The Labute approximate surface area is 103 Å². The van der Waals surface area contributed by atoms with Crippen molar-refractivity contribution in [3.63, 3.8) is 0 Å². The molecule has 0 saturated carbocycles. The molecule has 0 aliphatic rings. The summed E-state index contributed by atoms with van der Waals surface area (Å²) >= 11 is 0. The summed E-state index contributed by atoms with van der Waals surface area (Å²) in [6, 6.07) is 7.19. The fourth-order valence-corrected chi connectivity index (χ4v) is 2.17. The van der Waals surface area contributed by atoms with E-state index in [1.54, 1.807) is 0 Å². The minimum absolute atomic E-state index is 0.112. The lowest BCUT2D eigenvalue weighted by atomic mass is 10.1. The highest BCUT2D eigenvalue weighted by Gasteiger charge is 2.10. The maximum absolute atomic E-state index is 11.0. The predicted octanol–water partition coefficient (Wildman–Crippen LogP) is 1.52. The van der Waals surface area contributed by atoms with E-state index in [-0.39, 0.29) is 11.8 Å². The summed E-state index contributed by atoms with van der Waals surface area (Å²) in [7, 11) is -2.95. The van der Waals surface area contributed by atoms with Gasteiger partial charge in [0.05, 0.1) is 12.4 Å². The van der Waals surface area contributed by atoms with Crippen molar-refractivity contribution < 1.29 is 13.2 Å². The van der Waals surface area contributed by atoms with Crippen molar-refractivity contribution in [1.82, 2.24) is 0 Å². The normalized spacial score (nSPS) is 13.4. The zero-order valence-electron chi connectivity index (χ0n) is 10.2. The standard InChI is InChI=1S/C12H19NO3S/c1-3-16-11-6-4-10(5-7-11)12(13)8-9-17(2,14)15/h4-7,12H,3,8-9,13H2,1-2H3.